The number of methoxy groups -OCH3 is 1. The molecule has 0 aromatic heterocycles. The summed E-state index contributed by atoms with van der Waals surface area (Å²) in [6.07, 6.45) is -0.535. The average molecular weight is 273 g/mol. The van der Waals surface area contributed by atoms with E-state index in [-0.39, 0.29) is 31.2 Å². The first-order chi connectivity index (χ1) is 8.77. The normalized spacial score (nSPS) is 21.2. The highest BCUT2D eigenvalue weighted by Gasteiger charge is 2.44. The Morgan fingerprint density at radius 3 is 2.26 bits per heavy atom. The van der Waals surface area contributed by atoms with E-state index < -0.39 is 17.3 Å². The van der Waals surface area contributed by atoms with Crippen LogP contribution < -0.4 is 10.5 Å². The summed E-state index contributed by atoms with van der Waals surface area (Å²) in [5.74, 6) is -2.84. The molecule has 0 heterocycles. The van der Waals surface area contributed by atoms with Gasteiger partial charge in [-0.1, -0.05) is 0 Å². The molecule has 0 atom stereocenters. The van der Waals surface area contributed by atoms with Crippen molar-refractivity contribution in [3.63, 3.8) is 0 Å². The lowest BCUT2D eigenvalue weighted by Gasteiger charge is -2.38. The van der Waals surface area contributed by atoms with Crippen molar-refractivity contribution in [3.8, 4) is 5.75 Å². The standard InChI is InChI=1S/C14H18F3NO/c1-9-7-10(15)12(11(8-9)19-2)13(18)3-5-14(16,17)6-4-13/h7-8H,3-6,18H2,1-2H3. The van der Waals surface area contributed by atoms with Crippen LogP contribution in [0.25, 0.3) is 0 Å². The van der Waals surface area contributed by atoms with E-state index in [1.807, 2.05) is 0 Å². The Bertz CT molecular complexity index is 478. The fourth-order valence-electron chi connectivity index (χ4n) is 2.67. The van der Waals surface area contributed by atoms with Gasteiger partial charge in [0.25, 0.3) is 0 Å². The van der Waals surface area contributed by atoms with Crippen LogP contribution in [0.2, 0.25) is 0 Å². The van der Waals surface area contributed by atoms with E-state index in [0.29, 0.717) is 11.3 Å². The lowest BCUT2D eigenvalue weighted by atomic mass is 9.75. The molecule has 19 heavy (non-hydrogen) atoms. The first-order valence-electron chi connectivity index (χ1n) is 6.29. The van der Waals surface area contributed by atoms with Crippen molar-refractivity contribution in [2.75, 3.05) is 7.11 Å². The smallest absolute Gasteiger partial charge is 0.248 e. The summed E-state index contributed by atoms with van der Waals surface area (Å²) in [6, 6.07) is 3.04. The molecule has 0 radical (unpaired) electrons. The van der Waals surface area contributed by atoms with Crippen molar-refractivity contribution in [1.82, 2.24) is 0 Å². The Balaban J connectivity index is 2.41. The van der Waals surface area contributed by atoms with E-state index in [4.69, 9.17) is 10.5 Å². The maximum absolute atomic E-state index is 14.2. The number of hydrogen-bond donors (Lipinski definition) is 1. The van der Waals surface area contributed by atoms with Gasteiger partial charge in [-0.2, -0.15) is 0 Å². The van der Waals surface area contributed by atoms with Crippen LogP contribution in [-0.2, 0) is 5.54 Å². The quantitative estimate of drug-likeness (QED) is 0.895. The lowest BCUT2D eigenvalue weighted by Crippen LogP contribution is -2.44. The molecule has 1 aromatic rings. The van der Waals surface area contributed by atoms with Crippen molar-refractivity contribution in [3.05, 3.63) is 29.1 Å². The van der Waals surface area contributed by atoms with Gasteiger partial charge < -0.3 is 10.5 Å². The van der Waals surface area contributed by atoms with Gasteiger partial charge in [-0.05, 0) is 37.5 Å². The van der Waals surface area contributed by atoms with Crippen LogP contribution in [0.1, 0.15) is 36.8 Å². The lowest BCUT2D eigenvalue weighted by molar-refractivity contribution is -0.0520. The molecular weight excluding hydrogens is 255 g/mol. The summed E-state index contributed by atoms with van der Waals surface area (Å²) in [6.45, 7) is 1.74. The number of halogens is 3. The SMILES string of the molecule is COc1cc(C)cc(F)c1C1(N)CCC(F)(F)CC1. The Hall–Kier alpha value is -1.23. The maximum Gasteiger partial charge on any atom is 0.248 e. The van der Waals surface area contributed by atoms with Gasteiger partial charge in [-0.3, -0.25) is 0 Å². The molecule has 1 aromatic carbocycles. The highest BCUT2D eigenvalue weighted by molar-refractivity contribution is 5.43. The van der Waals surface area contributed by atoms with Crippen LogP contribution in [0.5, 0.6) is 5.75 Å². The maximum atomic E-state index is 14.2. The van der Waals surface area contributed by atoms with Gasteiger partial charge in [0.1, 0.15) is 11.6 Å². The van der Waals surface area contributed by atoms with E-state index in [1.165, 1.54) is 13.2 Å². The molecule has 1 fully saturated rings. The van der Waals surface area contributed by atoms with Crippen LogP contribution in [0.15, 0.2) is 12.1 Å². The van der Waals surface area contributed by atoms with E-state index >= 15 is 0 Å². The van der Waals surface area contributed by atoms with E-state index in [1.54, 1.807) is 13.0 Å². The topological polar surface area (TPSA) is 35.2 Å². The minimum atomic E-state index is -2.70. The third-order valence-electron chi connectivity index (χ3n) is 3.79. The number of benzene rings is 1. The molecule has 0 aliphatic heterocycles. The van der Waals surface area contributed by atoms with Gasteiger partial charge in [-0.25, -0.2) is 13.2 Å². The Kier molecular flexibility index (Phi) is 3.51. The van der Waals surface area contributed by atoms with E-state index in [0.717, 1.165) is 0 Å². The third kappa shape index (κ3) is 2.71. The highest BCUT2D eigenvalue weighted by Crippen LogP contribution is 2.45. The summed E-state index contributed by atoms with van der Waals surface area (Å²) in [7, 11) is 1.43. The second kappa shape index (κ2) is 4.71. The summed E-state index contributed by atoms with van der Waals surface area (Å²) >= 11 is 0. The largest absolute Gasteiger partial charge is 0.496 e. The molecule has 2 rings (SSSR count). The number of alkyl halides is 2. The minimum absolute atomic E-state index is 0.0519. The number of ether oxygens (including phenoxy) is 1. The van der Waals surface area contributed by atoms with Crippen LogP contribution >= 0.6 is 0 Å². The third-order valence-corrected chi connectivity index (χ3v) is 3.79. The molecule has 0 spiro atoms. The van der Waals surface area contributed by atoms with Gasteiger partial charge >= 0.3 is 0 Å². The highest BCUT2D eigenvalue weighted by atomic mass is 19.3. The summed E-state index contributed by atoms with van der Waals surface area (Å²) < 4.78 is 45.8. The minimum Gasteiger partial charge on any atom is -0.496 e. The molecule has 0 bridgehead atoms. The number of aryl methyl sites for hydroxylation is 1. The summed E-state index contributed by atoms with van der Waals surface area (Å²) in [4.78, 5) is 0. The van der Waals surface area contributed by atoms with Gasteiger partial charge in [0.05, 0.1) is 7.11 Å². The molecule has 0 unspecified atom stereocenters. The Morgan fingerprint density at radius 1 is 1.16 bits per heavy atom. The van der Waals surface area contributed by atoms with Crippen molar-refractivity contribution >= 4 is 0 Å². The van der Waals surface area contributed by atoms with Crippen LogP contribution in [0, 0.1) is 12.7 Å². The molecule has 2 N–H and O–H groups in total. The molecule has 5 heteroatoms. The first-order valence-corrected chi connectivity index (χ1v) is 6.29. The molecule has 0 saturated heterocycles. The second-order valence-corrected chi connectivity index (χ2v) is 5.34. The molecule has 1 saturated carbocycles. The van der Waals surface area contributed by atoms with E-state index in [9.17, 15) is 13.2 Å². The fourth-order valence-corrected chi connectivity index (χ4v) is 2.67. The molecule has 1 aliphatic rings. The monoisotopic (exact) mass is 273 g/mol. The van der Waals surface area contributed by atoms with E-state index in [2.05, 4.69) is 0 Å². The van der Waals surface area contributed by atoms with Gasteiger partial charge in [0.15, 0.2) is 0 Å². The van der Waals surface area contributed by atoms with Gasteiger partial charge in [0, 0.05) is 23.9 Å². The zero-order chi connectivity index (χ0) is 14.3. The first kappa shape index (κ1) is 14.2. The van der Waals surface area contributed by atoms with Crippen LogP contribution in [0.3, 0.4) is 0 Å². The van der Waals surface area contributed by atoms with Crippen LogP contribution in [-0.4, -0.2) is 13.0 Å². The zero-order valence-corrected chi connectivity index (χ0v) is 11.1. The summed E-state index contributed by atoms with van der Waals surface area (Å²) in [5.41, 5.74) is 6.03. The number of hydrogen-bond acceptors (Lipinski definition) is 2. The number of rotatable bonds is 2. The fraction of sp³-hybridized carbons (Fsp3) is 0.571. The Morgan fingerprint density at radius 2 is 1.74 bits per heavy atom. The van der Waals surface area contributed by atoms with Gasteiger partial charge in [-0.15, -0.1) is 0 Å². The predicted molar refractivity (Wildman–Crippen MR) is 67.0 cm³/mol. The molecule has 1 aliphatic carbocycles. The molecule has 106 valence electrons. The van der Waals surface area contributed by atoms with Crippen molar-refractivity contribution in [2.24, 2.45) is 5.73 Å². The molecule has 2 nitrogen and oxygen atoms in total. The zero-order valence-electron chi connectivity index (χ0n) is 11.1. The Labute approximate surface area is 110 Å². The number of nitrogens with two attached hydrogens (primary N) is 1. The summed E-state index contributed by atoms with van der Waals surface area (Å²) in [5, 5.41) is 0. The van der Waals surface area contributed by atoms with Crippen LogP contribution in [0.4, 0.5) is 13.2 Å². The molecular formula is C14H18F3NO. The van der Waals surface area contributed by atoms with Crippen molar-refractivity contribution < 1.29 is 17.9 Å². The van der Waals surface area contributed by atoms with Crippen molar-refractivity contribution in [2.45, 2.75) is 44.1 Å². The molecule has 0 amide bonds. The predicted octanol–water partition coefficient (Wildman–Crippen LogP) is 3.51. The average Bonchev–Trinajstić information content (AvgIpc) is 2.32. The second-order valence-electron chi connectivity index (χ2n) is 5.34. The van der Waals surface area contributed by atoms with Crippen molar-refractivity contribution in [1.29, 1.82) is 0 Å². The van der Waals surface area contributed by atoms with Gasteiger partial charge in [0.2, 0.25) is 5.92 Å².